The van der Waals surface area contributed by atoms with Gasteiger partial charge in [-0.2, -0.15) is 0 Å². The molecule has 2 aromatic carbocycles. The molecule has 2 aliphatic heterocycles. The van der Waals surface area contributed by atoms with Crippen molar-refractivity contribution in [3.8, 4) is 23.0 Å². The number of morpholine rings is 1. The Kier molecular flexibility index (Phi) is 4.38. The topological polar surface area (TPSA) is 61.6 Å². The summed E-state index contributed by atoms with van der Waals surface area (Å²) in [6, 6.07) is 11.5. The predicted octanol–water partition coefficient (Wildman–Crippen LogP) is 1.13. The zero-order valence-corrected chi connectivity index (χ0v) is 14.2. The predicted molar refractivity (Wildman–Crippen MR) is 90.6 cm³/mol. The largest absolute Gasteiger partial charge is 0.507 e. The summed E-state index contributed by atoms with van der Waals surface area (Å²) in [5.74, 6) is 2.31. The number of hydrogen-bond donors (Lipinski definition) is 2. The molecule has 6 nitrogen and oxygen atoms in total. The van der Waals surface area contributed by atoms with Crippen molar-refractivity contribution in [1.82, 2.24) is 0 Å². The van der Waals surface area contributed by atoms with Crippen molar-refractivity contribution in [2.45, 2.75) is 6.04 Å². The second-order valence-corrected chi connectivity index (χ2v) is 6.24. The standard InChI is InChI=1S/C19H21NO5/c1-22-14-4-2-13(3-5-14)19(20-6-8-23-9-7-20)15-10-17-18(11-16(15)21)25-12-24-17/h2-5,10-11,19,21H,6-9,12H2,1H3/p+1/t19-/m0/s1. The van der Waals surface area contributed by atoms with E-state index in [1.54, 1.807) is 13.2 Å². The molecule has 0 amide bonds. The SMILES string of the molecule is COc1ccc([C@@H](c2cc3c(cc2O)OCO3)[NH+]2CCOCC2)cc1. The van der Waals surface area contributed by atoms with Gasteiger partial charge in [0, 0.05) is 11.6 Å². The van der Waals surface area contributed by atoms with Crippen LogP contribution in [0.4, 0.5) is 0 Å². The van der Waals surface area contributed by atoms with Gasteiger partial charge in [-0.1, -0.05) is 0 Å². The third-order valence-corrected chi connectivity index (χ3v) is 4.83. The molecule has 0 saturated carbocycles. The van der Waals surface area contributed by atoms with Crippen molar-refractivity contribution in [3.05, 3.63) is 47.5 Å². The molecule has 0 unspecified atom stereocenters. The lowest BCUT2D eigenvalue weighted by Crippen LogP contribution is -3.14. The van der Waals surface area contributed by atoms with Gasteiger partial charge < -0.3 is 29.0 Å². The Morgan fingerprint density at radius 1 is 1.04 bits per heavy atom. The molecule has 2 aliphatic rings. The minimum atomic E-state index is -0.00990. The monoisotopic (exact) mass is 344 g/mol. The van der Waals surface area contributed by atoms with Gasteiger partial charge in [0.1, 0.15) is 30.6 Å². The molecule has 0 bridgehead atoms. The van der Waals surface area contributed by atoms with Gasteiger partial charge in [-0.3, -0.25) is 0 Å². The molecule has 0 aromatic heterocycles. The van der Waals surface area contributed by atoms with Gasteiger partial charge in [0.05, 0.1) is 25.9 Å². The minimum absolute atomic E-state index is 0.00990. The fraction of sp³-hybridized carbons (Fsp3) is 0.368. The Bertz CT molecular complexity index is 740. The van der Waals surface area contributed by atoms with Crippen LogP contribution in [0, 0.1) is 0 Å². The molecule has 6 heteroatoms. The van der Waals surface area contributed by atoms with Crippen molar-refractivity contribution in [1.29, 1.82) is 0 Å². The smallest absolute Gasteiger partial charge is 0.231 e. The number of rotatable bonds is 4. The fourth-order valence-electron chi connectivity index (χ4n) is 3.53. The van der Waals surface area contributed by atoms with Gasteiger partial charge in [0.2, 0.25) is 6.79 Å². The quantitative estimate of drug-likeness (QED) is 0.871. The van der Waals surface area contributed by atoms with Gasteiger partial charge in [-0.25, -0.2) is 0 Å². The first-order chi connectivity index (χ1) is 12.3. The number of phenolic OH excluding ortho intramolecular Hbond substituents is 1. The fourth-order valence-corrected chi connectivity index (χ4v) is 3.53. The summed E-state index contributed by atoms with van der Waals surface area (Å²) in [5, 5.41) is 10.6. The van der Waals surface area contributed by atoms with Crippen molar-refractivity contribution in [2.24, 2.45) is 0 Å². The van der Waals surface area contributed by atoms with E-state index in [1.165, 1.54) is 4.90 Å². The van der Waals surface area contributed by atoms with Crippen LogP contribution in [0.2, 0.25) is 0 Å². The summed E-state index contributed by atoms with van der Waals surface area (Å²) in [7, 11) is 1.66. The van der Waals surface area contributed by atoms with Gasteiger partial charge >= 0.3 is 0 Å². The number of fused-ring (bicyclic) bond motifs is 1. The number of benzene rings is 2. The first-order valence-corrected chi connectivity index (χ1v) is 8.45. The van der Waals surface area contributed by atoms with E-state index in [0.29, 0.717) is 24.7 Å². The molecule has 25 heavy (non-hydrogen) atoms. The van der Waals surface area contributed by atoms with E-state index in [2.05, 4.69) is 12.1 Å². The van der Waals surface area contributed by atoms with E-state index >= 15 is 0 Å². The normalized spacial score (nSPS) is 18.1. The molecule has 2 aromatic rings. The van der Waals surface area contributed by atoms with E-state index in [-0.39, 0.29) is 18.6 Å². The Morgan fingerprint density at radius 3 is 2.40 bits per heavy atom. The van der Waals surface area contributed by atoms with E-state index in [4.69, 9.17) is 18.9 Å². The molecular formula is C19H22NO5+. The third kappa shape index (κ3) is 3.10. The highest BCUT2D eigenvalue weighted by molar-refractivity contribution is 5.53. The molecule has 1 atom stereocenters. The van der Waals surface area contributed by atoms with Crippen LogP contribution in [0.3, 0.4) is 0 Å². The van der Waals surface area contributed by atoms with Gasteiger partial charge in [0.25, 0.3) is 0 Å². The van der Waals surface area contributed by atoms with Gasteiger partial charge in [0.15, 0.2) is 11.5 Å². The summed E-state index contributed by atoms with van der Waals surface area (Å²) in [5.41, 5.74) is 1.96. The first kappa shape index (κ1) is 16.1. The molecule has 0 spiro atoms. The Morgan fingerprint density at radius 2 is 1.72 bits per heavy atom. The van der Waals surface area contributed by atoms with Crippen LogP contribution in [-0.2, 0) is 4.74 Å². The number of aromatic hydroxyl groups is 1. The maximum absolute atomic E-state index is 10.6. The lowest BCUT2D eigenvalue weighted by atomic mass is 9.95. The average Bonchev–Trinajstić information content (AvgIpc) is 3.11. The maximum Gasteiger partial charge on any atom is 0.231 e. The van der Waals surface area contributed by atoms with Crippen molar-refractivity contribution < 1.29 is 29.0 Å². The Hall–Kier alpha value is -2.44. The number of ether oxygens (including phenoxy) is 4. The van der Waals surface area contributed by atoms with Crippen LogP contribution in [-0.4, -0.2) is 45.3 Å². The summed E-state index contributed by atoms with van der Waals surface area (Å²) >= 11 is 0. The molecule has 0 aliphatic carbocycles. The zero-order valence-electron chi connectivity index (χ0n) is 14.2. The van der Waals surface area contributed by atoms with Crippen LogP contribution < -0.4 is 19.1 Å². The van der Waals surface area contributed by atoms with Crippen molar-refractivity contribution in [3.63, 3.8) is 0 Å². The molecular weight excluding hydrogens is 322 g/mol. The van der Waals surface area contributed by atoms with Gasteiger partial charge in [-0.05, 0) is 30.3 Å². The molecule has 0 radical (unpaired) electrons. The van der Waals surface area contributed by atoms with E-state index in [9.17, 15) is 5.11 Å². The first-order valence-electron chi connectivity index (χ1n) is 8.45. The molecule has 4 rings (SSSR count). The second kappa shape index (κ2) is 6.82. The van der Waals surface area contributed by atoms with Crippen LogP contribution in [0.25, 0.3) is 0 Å². The van der Waals surface area contributed by atoms with Crippen LogP contribution >= 0.6 is 0 Å². The molecule has 2 N–H and O–H groups in total. The average molecular weight is 344 g/mol. The lowest BCUT2D eigenvalue weighted by Gasteiger charge is -2.32. The van der Waals surface area contributed by atoms with Crippen LogP contribution in [0.5, 0.6) is 23.0 Å². The molecule has 132 valence electrons. The van der Waals surface area contributed by atoms with E-state index < -0.39 is 0 Å². The highest BCUT2D eigenvalue weighted by Crippen LogP contribution is 2.40. The van der Waals surface area contributed by atoms with Gasteiger partial charge in [-0.15, -0.1) is 0 Å². The lowest BCUT2D eigenvalue weighted by molar-refractivity contribution is -0.933. The number of methoxy groups -OCH3 is 1. The Labute approximate surface area is 146 Å². The maximum atomic E-state index is 10.6. The third-order valence-electron chi connectivity index (χ3n) is 4.83. The van der Waals surface area contributed by atoms with Crippen LogP contribution in [0.15, 0.2) is 36.4 Å². The molecule has 1 saturated heterocycles. The highest BCUT2D eigenvalue weighted by Gasteiger charge is 2.32. The minimum Gasteiger partial charge on any atom is -0.507 e. The summed E-state index contributed by atoms with van der Waals surface area (Å²) in [6.07, 6.45) is 0. The summed E-state index contributed by atoms with van der Waals surface area (Å²) < 4.78 is 21.7. The van der Waals surface area contributed by atoms with Crippen LogP contribution in [0.1, 0.15) is 17.2 Å². The zero-order chi connectivity index (χ0) is 17.2. The molecule has 1 fully saturated rings. The summed E-state index contributed by atoms with van der Waals surface area (Å²) in [6.45, 7) is 3.38. The van der Waals surface area contributed by atoms with E-state index in [0.717, 1.165) is 30.0 Å². The number of nitrogens with one attached hydrogen (secondary N) is 1. The van der Waals surface area contributed by atoms with Crippen molar-refractivity contribution >= 4 is 0 Å². The highest BCUT2D eigenvalue weighted by atomic mass is 16.7. The Balaban J connectivity index is 1.76. The second-order valence-electron chi connectivity index (χ2n) is 6.24. The summed E-state index contributed by atoms with van der Waals surface area (Å²) in [4.78, 5) is 1.35. The number of hydrogen-bond acceptors (Lipinski definition) is 5. The van der Waals surface area contributed by atoms with Crippen molar-refractivity contribution in [2.75, 3.05) is 40.2 Å². The number of quaternary nitrogens is 1. The molecule has 2 heterocycles. The van der Waals surface area contributed by atoms with E-state index in [1.807, 2.05) is 18.2 Å². The number of phenols is 1.